The van der Waals surface area contributed by atoms with Crippen LogP contribution in [0.3, 0.4) is 0 Å². The summed E-state index contributed by atoms with van der Waals surface area (Å²) >= 11 is 0. The molecule has 1 rings (SSSR count). The van der Waals surface area contributed by atoms with Crippen molar-refractivity contribution in [2.45, 2.75) is 71.6 Å². The Labute approximate surface area is 129 Å². The maximum absolute atomic E-state index is 12.0. The Morgan fingerprint density at radius 2 is 1.76 bits per heavy atom. The zero-order valence-corrected chi connectivity index (χ0v) is 13.8. The third kappa shape index (κ3) is 6.96. The van der Waals surface area contributed by atoms with Crippen LogP contribution in [0.25, 0.3) is 0 Å². The van der Waals surface area contributed by atoms with E-state index < -0.39 is 0 Å². The van der Waals surface area contributed by atoms with Crippen molar-refractivity contribution in [2.75, 3.05) is 19.6 Å². The number of likely N-dealkylation sites (tertiary alicyclic amines) is 1. The van der Waals surface area contributed by atoms with Crippen LogP contribution in [0.5, 0.6) is 0 Å². The summed E-state index contributed by atoms with van der Waals surface area (Å²) in [5.74, 6) is 0.0795. The molecule has 0 bridgehead atoms. The molecule has 4 heteroatoms. The fourth-order valence-electron chi connectivity index (χ4n) is 2.78. The highest BCUT2D eigenvalue weighted by Crippen LogP contribution is 2.19. The molecule has 0 spiro atoms. The molecule has 2 amide bonds. The second-order valence-electron chi connectivity index (χ2n) is 6.15. The number of carbonyl (C=O) groups excluding carboxylic acids is 2. The molecule has 1 unspecified atom stereocenters. The van der Waals surface area contributed by atoms with E-state index in [9.17, 15) is 9.59 Å². The summed E-state index contributed by atoms with van der Waals surface area (Å²) in [4.78, 5) is 25.8. The topological polar surface area (TPSA) is 49.4 Å². The first-order chi connectivity index (χ1) is 10.2. The van der Waals surface area contributed by atoms with Gasteiger partial charge in [0.25, 0.3) is 0 Å². The monoisotopic (exact) mass is 296 g/mol. The first kappa shape index (κ1) is 18.0. The second-order valence-corrected chi connectivity index (χ2v) is 6.15. The van der Waals surface area contributed by atoms with Crippen molar-refractivity contribution in [1.82, 2.24) is 10.2 Å². The maximum Gasteiger partial charge on any atom is 0.225 e. The Balaban J connectivity index is 2.17. The molecule has 1 N–H and O–H groups in total. The Morgan fingerprint density at radius 1 is 1.10 bits per heavy atom. The number of unbranched alkanes of at least 4 members (excludes halogenated alkanes) is 6. The van der Waals surface area contributed by atoms with Crippen molar-refractivity contribution in [3.63, 3.8) is 0 Å². The van der Waals surface area contributed by atoms with Gasteiger partial charge in [-0.15, -0.1) is 0 Å². The van der Waals surface area contributed by atoms with Crippen molar-refractivity contribution in [3.05, 3.63) is 0 Å². The largest absolute Gasteiger partial charge is 0.356 e. The van der Waals surface area contributed by atoms with Crippen LogP contribution in [0, 0.1) is 5.92 Å². The molecular weight excluding hydrogens is 264 g/mol. The van der Waals surface area contributed by atoms with Crippen LogP contribution < -0.4 is 5.32 Å². The first-order valence-corrected chi connectivity index (χ1v) is 8.74. The van der Waals surface area contributed by atoms with E-state index >= 15 is 0 Å². The van der Waals surface area contributed by atoms with Gasteiger partial charge in [0.2, 0.25) is 11.8 Å². The van der Waals surface area contributed by atoms with Crippen LogP contribution in [-0.4, -0.2) is 36.3 Å². The van der Waals surface area contributed by atoms with Gasteiger partial charge in [-0.2, -0.15) is 0 Å². The summed E-state index contributed by atoms with van der Waals surface area (Å²) in [5, 5.41) is 2.94. The van der Waals surface area contributed by atoms with E-state index in [-0.39, 0.29) is 17.7 Å². The van der Waals surface area contributed by atoms with E-state index in [1.807, 2.05) is 4.90 Å². The number of amides is 2. The number of rotatable bonds is 11. The van der Waals surface area contributed by atoms with Gasteiger partial charge in [-0.05, 0) is 12.8 Å². The van der Waals surface area contributed by atoms with E-state index in [1.165, 1.54) is 32.1 Å². The Morgan fingerprint density at radius 3 is 2.48 bits per heavy atom. The van der Waals surface area contributed by atoms with Gasteiger partial charge in [0.05, 0.1) is 5.92 Å². The minimum Gasteiger partial charge on any atom is -0.356 e. The first-order valence-electron chi connectivity index (χ1n) is 8.74. The molecule has 4 nitrogen and oxygen atoms in total. The second kappa shape index (κ2) is 10.6. The summed E-state index contributed by atoms with van der Waals surface area (Å²) in [6, 6.07) is 0. The minimum absolute atomic E-state index is 0.0576. The van der Waals surface area contributed by atoms with Gasteiger partial charge in [-0.1, -0.05) is 52.4 Å². The molecule has 0 radical (unpaired) electrons. The maximum atomic E-state index is 12.0. The van der Waals surface area contributed by atoms with E-state index in [1.54, 1.807) is 0 Å². The lowest BCUT2D eigenvalue weighted by atomic mass is 10.1. The number of carbonyl (C=O) groups is 2. The number of nitrogens with one attached hydrogen (secondary N) is 1. The fraction of sp³-hybridized carbons (Fsp3) is 0.882. The average molecular weight is 296 g/mol. The van der Waals surface area contributed by atoms with Crippen LogP contribution >= 0.6 is 0 Å². The normalized spacial score (nSPS) is 18.3. The zero-order valence-electron chi connectivity index (χ0n) is 13.8. The lowest BCUT2D eigenvalue weighted by Gasteiger charge is -2.16. The molecule has 1 saturated heterocycles. The minimum atomic E-state index is -0.130. The van der Waals surface area contributed by atoms with E-state index in [0.29, 0.717) is 13.0 Å². The summed E-state index contributed by atoms with van der Waals surface area (Å²) < 4.78 is 0. The standard InChI is InChI=1S/C17H32N2O2/c1-3-5-7-8-9-10-12-19-14-15(13-16(19)20)17(21)18-11-6-4-2/h15H,3-14H2,1-2H3,(H,18,21). The molecule has 0 aromatic heterocycles. The number of nitrogens with zero attached hydrogens (tertiary/aromatic N) is 1. The van der Waals surface area contributed by atoms with Gasteiger partial charge in [-0.3, -0.25) is 9.59 Å². The lowest BCUT2D eigenvalue weighted by molar-refractivity contribution is -0.129. The Hall–Kier alpha value is -1.06. The molecule has 21 heavy (non-hydrogen) atoms. The van der Waals surface area contributed by atoms with Crippen molar-refractivity contribution in [1.29, 1.82) is 0 Å². The molecule has 0 aromatic carbocycles. The van der Waals surface area contributed by atoms with Gasteiger partial charge < -0.3 is 10.2 Å². The van der Waals surface area contributed by atoms with Crippen LogP contribution in [0.1, 0.15) is 71.6 Å². The zero-order chi connectivity index (χ0) is 15.5. The molecule has 122 valence electrons. The van der Waals surface area contributed by atoms with Crippen LogP contribution in [-0.2, 0) is 9.59 Å². The van der Waals surface area contributed by atoms with Crippen molar-refractivity contribution in [3.8, 4) is 0 Å². The highest BCUT2D eigenvalue weighted by atomic mass is 16.2. The molecule has 1 atom stereocenters. The predicted octanol–water partition coefficient (Wildman–Crippen LogP) is 3.11. The van der Waals surface area contributed by atoms with Crippen LogP contribution in [0.15, 0.2) is 0 Å². The Kier molecular flexibility index (Phi) is 9.11. The molecular formula is C17H32N2O2. The van der Waals surface area contributed by atoms with Gasteiger partial charge >= 0.3 is 0 Å². The summed E-state index contributed by atoms with van der Waals surface area (Å²) in [6.45, 7) is 6.50. The van der Waals surface area contributed by atoms with Crippen molar-refractivity contribution in [2.24, 2.45) is 5.92 Å². The van der Waals surface area contributed by atoms with Gasteiger partial charge in [0.15, 0.2) is 0 Å². The summed E-state index contributed by atoms with van der Waals surface area (Å²) in [7, 11) is 0. The van der Waals surface area contributed by atoms with Crippen LogP contribution in [0.4, 0.5) is 0 Å². The fourth-order valence-corrected chi connectivity index (χ4v) is 2.78. The van der Waals surface area contributed by atoms with Gasteiger partial charge in [-0.25, -0.2) is 0 Å². The van der Waals surface area contributed by atoms with Crippen LogP contribution in [0.2, 0.25) is 0 Å². The van der Waals surface area contributed by atoms with Gasteiger partial charge in [0, 0.05) is 26.1 Å². The molecule has 0 saturated carbocycles. The molecule has 1 heterocycles. The quantitative estimate of drug-likeness (QED) is 0.596. The SMILES string of the molecule is CCCCCCCCN1CC(C(=O)NCCCC)CC1=O. The van der Waals surface area contributed by atoms with E-state index in [4.69, 9.17) is 0 Å². The van der Waals surface area contributed by atoms with E-state index in [0.717, 1.165) is 32.4 Å². The average Bonchev–Trinajstić information content (AvgIpc) is 2.84. The number of hydrogen-bond acceptors (Lipinski definition) is 2. The van der Waals surface area contributed by atoms with Crippen molar-refractivity contribution >= 4 is 11.8 Å². The summed E-state index contributed by atoms with van der Waals surface area (Å²) in [5.41, 5.74) is 0. The summed E-state index contributed by atoms with van der Waals surface area (Å²) in [6.07, 6.45) is 9.87. The highest BCUT2D eigenvalue weighted by Gasteiger charge is 2.33. The molecule has 1 aliphatic heterocycles. The Bertz CT molecular complexity index is 318. The third-order valence-corrected chi connectivity index (χ3v) is 4.20. The molecule has 1 aliphatic rings. The molecule has 0 aromatic rings. The smallest absolute Gasteiger partial charge is 0.225 e. The predicted molar refractivity (Wildman–Crippen MR) is 86.0 cm³/mol. The highest BCUT2D eigenvalue weighted by molar-refractivity contribution is 5.89. The number of hydrogen-bond donors (Lipinski definition) is 1. The third-order valence-electron chi connectivity index (χ3n) is 4.20. The lowest BCUT2D eigenvalue weighted by Crippen LogP contribution is -2.33. The molecule has 0 aliphatic carbocycles. The molecule has 1 fully saturated rings. The van der Waals surface area contributed by atoms with Gasteiger partial charge in [0.1, 0.15) is 0 Å². The van der Waals surface area contributed by atoms with Crippen molar-refractivity contribution < 1.29 is 9.59 Å². The van der Waals surface area contributed by atoms with E-state index in [2.05, 4.69) is 19.2 Å².